The number of hydrogen-bond acceptors (Lipinski definition) is 4. The molecule has 1 atom stereocenters. The number of para-hydroxylation sites is 2. The van der Waals surface area contributed by atoms with Crippen LogP contribution in [-0.4, -0.2) is 55.5 Å². The number of nitrogens with one attached hydrogen (secondary N) is 1. The third-order valence-corrected chi connectivity index (χ3v) is 4.82. The molecule has 0 aromatic heterocycles. The maximum atomic E-state index is 12.4. The summed E-state index contributed by atoms with van der Waals surface area (Å²) in [4.78, 5) is 28.7. The second-order valence-electron chi connectivity index (χ2n) is 6.82. The van der Waals surface area contributed by atoms with Gasteiger partial charge in [-0.05, 0) is 31.2 Å². The fourth-order valence-corrected chi connectivity index (χ4v) is 3.20. The lowest BCUT2D eigenvalue weighted by Gasteiger charge is -2.36. The highest BCUT2D eigenvalue weighted by Gasteiger charge is 2.21. The molecular weight excluding hydrogens is 354 g/mol. The van der Waals surface area contributed by atoms with E-state index in [1.165, 1.54) is 5.69 Å². The van der Waals surface area contributed by atoms with Gasteiger partial charge >= 0.3 is 0 Å². The molecule has 148 valence electrons. The largest absolute Gasteiger partial charge is 0.481 e. The monoisotopic (exact) mass is 381 g/mol. The molecule has 0 bridgehead atoms. The topological polar surface area (TPSA) is 61.9 Å². The molecule has 3 rings (SSSR count). The van der Waals surface area contributed by atoms with Crippen molar-refractivity contribution in [2.45, 2.75) is 19.4 Å². The molecule has 0 spiro atoms. The SMILES string of the molecule is CC(Oc1ccccc1)C(=O)NCCC(=O)N1CCN(c2ccccc2)CC1. The van der Waals surface area contributed by atoms with Gasteiger partial charge in [0.1, 0.15) is 5.75 Å². The summed E-state index contributed by atoms with van der Waals surface area (Å²) < 4.78 is 5.59. The van der Waals surface area contributed by atoms with Crippen LogP contribution in [0.2, 0.25) is 0 Å². The normalized spacial score (nSPS) is 15.0. The number of rotatable bonds is 7. The summed E-state index contributed by atoms with van der Waals surface area (Å²) in [6.07, 6.45) is -0.304. The number of anilines is 1. The molecule has 1 saturated heterocycles. The molecule has 6 nitrogen and oxygen atoms in total. The van der Waals surface area contributed by atoms with E-state index in [-0.39, 0.29) is 11.8 Å². The van der Waals surface area contributed by atoms with Crippen LogP contribution in [0.1, 0.15) is 13.3 Å². The van der Waals surface area contributed by atoms with Crippen molar-refractivity contribution in [3.8, 4) is 5.75 Å². The third kappa shape index (κ3) is 5.49. The number of hydrogen-bond donors (Lipinski definition) is 1. The van der Waals surface area contributed by atoms with Crippen LogP contribution in [0, 0.1) is 0 Å². The number of piperazine rings is 1. The first-order valence-electron chi connectivity index (χ1n) is 9.70. The van der Waals surface area contributed by atoms with Gasteiger partial charge in [0.25, 0.3) is 5.91 Å². The number of benzene rings is 2. The molecule has 1 aliphatic heterocycles. The van der Waals surface area contributed by atoms with Crippen LogP contribution in [0.4, 0.5) is 5.69 Å². The first-order valence-corrected chi connectivity index (χ1v) is 9.70. The van der Waals surface area contributed by atoms with Crippen molar-refractivity contribution < 1.29 is 14.3 Å². The summed E-state index contributed by atoms with van der Waals surface area (Å²) in [6, 6.07) is 19.5. The number of nitrogens with zero attached hydrogens (tertiary/aromatic N) is 2. The quantitative estimate of drug-likeness (QED) is 0.800. The molecule has 28 heavy (non-hydrogen) atoms. The predicted molar refractivity (Wildman–Crippen MR) is 109 cm³/mol. The van der Waals surface area contributed by atoms with Crippen LogP contribution in [0.25, 0.3) is 0 Å². The van der Waals surface area contributed by atoms with Gasteiger partial charge in [-0.25, -0.2) is 0 Å². The minimum absolute atomic E-state index is 0.0737. The number of amides is 2. The summed E-state index contributed by atoms with van der Waals surface area (Å²) in [5, 5.41) is 2.79. The zero-order valence-corrected chi connectivity index (χ0v) is 16.2. The third-order valence-electron chi connectivity index (χ3n) is 4.82. The zero-order chi connectivity index (χ0) is 19.8. The maximum absolute atomic E-state index is 12.4. The molecule has 2 amide bonds. The Morgan fingerprint density at radius 1 is 0.964 bits per heavy atom. The van der Waals surface area contributed by atoms with Crippen molar-refractivity contribution >= 4 is 17.5 Å². The predicted octanol–water partition coefficient (Wildman–Crippen LogP) is 2.31. The number of carbonyl (C=O) groups is 2. The van der Waals surface area contributed by atoms with E-state index < -0.39 is 6.10 Å². The summed E-state index contributed by atoms with van der Waals surface area (Å²) in [7, 11) is 0. The van der Waals surface area contributed by atoms with Crippen molar-refractivity contribution in [2.24, 2.45) is 0 Å². The Bertz CT molecular complexity index is 759. The van der Waals surface area contributed by atoms with Crippen LogP contribution < -0.4 is 15.0 Å². The van der Waals surface area contributed by atoms with Gasteiger partial charge in [-0.1, -0.05) is 36.4 Å². The van der Waals surface area contributed by atoms with E-state index in [0.29, 0.717) is 31.8 Å². The van der Waals surface area contributed by atoms with Gasteiger partial charge in [0, 0.05) is 44.8 Å². The maximum Gasteiger partial charge on any atom is 0.260 e. The Hall–Kier alpha value is -3.02. The van der Waals surface area contributed by atoms with Gasteiger partial charge in [0.05, 0.1) is 0 Å². The Kier molecular flexibility index (Phi) is 6.89. The van der Waals surface area contributed by atoms with E-state index in [1.807, 2.05) is 53.4 Å². The standard InChI is InChI=1S/C22H27N3O3/c1-18(28-20-10-6-3-7-11-20)22(27)23-13-12-21(26)25-16-14-24(15-17-25)19-8-4-2-5-9-19/h2-11,18H,12-17H2,1H3,(H,23,27). The molecule has 1 N–H and O–H groups in total. The first kappa shape index (κ1) is 19.7. The molecule has 6 heteroatoms. The molecule has 1 fully saturated rings. The Morgan fingerprint density at radius 3 is 2.21 bits per heavy atom. The molecule has 0 radical (unpaired) electrons. The van der Waals surface area contributed by atoms with E-state index in [4.69, 9.17) is 4.74 Å². The second-order valence-corrected chi connectivity index (χ2v) is 6.82. The summed E-state index contributed by atoms with van der Waals surface area (Å²) >= 11 is 0. The van der Waals surface area contributed by atoms with E-state index in [2.05, 4.69) is 22.3 Å². The van der Waals surface area contributed by atoms with Gasteiger partial charge in [0.2, 0.25) is 5.91 Å². The minimum atomic E-state index is -0.605. The van der Waals surface area contributed by atoms with Crippen LogP contribution in [-0.2, 0) is 9.59 Å². The molecule has 2 aromatic rings. The molecule has 1 unspecified atom stereocenters. The van der Waals surface area contributed by atoms with Crippen molar-refractivity contribution in [3.05, 3.63) is 60.7 Å². The lowest BCUT2D eigenvalue weighted by atomic mass is 10.2. The van der Waals surface area contributed by atoms with Gasteiger partial charge in [-0.15, -0.1) is 0 Å². The second kappa shape index (κ2) is 9.78. The smallest absolute Gasteiger partial charge is 0.260 e. The highest BCUT2D eigenvalue weighted by Crippen LogP contribution is 2.16. The highest BCUT2D eigenvalue weighted by atomic mass is 16.5. The van der Waals surface area contributed by atoms with Crippen molar-refractivity contribution in [1.29, 1.82) is 0 Å². The Balaban J connectivity index is 1.36. The van der Waals surface area contributed by atoms with E-state index >= 15 is 0 Å². The minimum Gasteiger partial charge on any atom is -0.481 e. The molecule has 1 aliphatic rings. The Labute approximate surface area is 166 Å². The van der Waals surface area contributed by atoms with Crippen LogP contribution >= 0.6 is 0 Å². The van der Waals surface area contributed by atoms with Gasteiger partial charge in [-0.2, -0.15) is 0 Å². The van der Waals surface area contributed by atoms with Crippen LogP contribution in [0.15, 0.2) is 60.7 Å². The lowest BCUT2D eigenvalue weighted by Crippen LogP contribution is -2.49. The van der Waals surface area contributed by atoms with Crippen molar-refractivity contribution in [3.63, 3.8) is 0 Å². The molecule has 0 saturated carbocycles. The number of ether oxygens (including phenoxy) is 1. The lowest BCUT2D eigenvalue weighted by molar-refractivity contribution is -0.131. The highest BCUT2D eigenvalue weighted by molar-refractivity contribution is 5.82. The van der Waals surface area contributed by atoms with E-state index in [9.17, 15) is 9.59 Å². The summed E-state index contributed by atoms with van der Waals surface area (Å²) in [6.45, 7) is 5.07. The summed E-state index contributed by atoms with van der Waals surface area (Å²) in [5.41, 5.74) is 1.19. The van der Waals surface area contributed by atoms with E-state index in [0.717, 1.165) is 13.1 Å². The van der Waals surface area contributed by atoms with Crippen LogP contribution in [0.3, 0.4) is 0 Å². The average molecular weight is 381 g/mol. The van der Waals surface area contributed by atoms with Crippen molar-refractivity contribution in [2.75, 3.05) is 37.6 Å². The molecule has 2 aromatic carbocycles. The van der Waals surface area contributed by atoms with E-state index in [1.54, 1.807) is 6.92 Å². The fourth-order valence-electron chi connectivity index (χ4n) is 3.20. The fraction of sp³-hybridized carbons (Fsp3) is 0.364. The molecule has 1 heterocycles. The molecular formula is C22H27N3O3. The van der Waals surface area contributed by atoms with Crippen molar-refractivity contribution in [1.82, 2.24) is 10.2 Å². The number of carbonyl (C=O) groups excluding carboxylic acids is 2. The average Bonchev–Trinajstić information content (AvgIpc) is 2.75. The van der Waals surface area contributed by atoms with Crippen LogP contribution in [0.5, 0.6) is 5.75 Å². The van der Waals surface area contributed by atoms with Gasteiger partial charge in [0.15, 0.2) is 6.10 Å². The van der Waals surface area contributed by atoms with Gasteiger partial charge < -0.3 is 19.9 Å². The molecule has 0 aliphatic carbocycles. The van der Waals surface area contributed by atoms with Gasteiger partial charge in [-0.3, -0.25) is 9.59 Å². The summed E-state index contributed by atoms with van der Waals surface area (Å²) in [5.74, 6) is 0.507. The zero-order valence-electron chi connectivity index (χ0n) is 16.2. The Morgan fingerprint density at radius 2 is 1.57 bits per heavy atom. The first-order chi connectivity index (χ1) is 13.6.